The minimum absolute atomic E-state index is 0.0113. The van der Waals surface area contributed by atoms with Gasteiger partial charge in [0.2, 0.25) is 0 Å². The molecule has 14 heteroatoms. The van der Waals surface area contributed by atoms with Gasteiger partial charge in [-0.25, -0.2) is 0 Å². The molecule has 3 unspecified atom stereocenters. The number of carbonyl (C=O) groups is 2. The van der Waals surface area contributed by atoms with E-state index < -0.39 is 63.1 Å². The Hall–Kier alpha value is -1.38. The highest BCUT2D eigenvalue weighted by Crippen LogP contribution is 2.54. The fourth-order valence-electron chi connectivity index (χ4n) is 5.88. The molecule has 1 aliphatic heterocycles. The summed E-state index contributed by atoms with van der Waals surface area (Å²) in [5.41, 5.74) is -1.19. The molecule has 0 aromatic carbocycles. The van der Waals surface area contributed by atoms with E-state index in [4.69, 9.17) is 9.47 Å². The lowest BCUT2D eigenvalue weighted by molar-refractivity contribution is -0.288. The average Bonchev–Trinajstić information content (AvgIpc) is 2.70. The number of hydrogen-bond acceptors (Lipinski definition) is 7. The predicted molar refractivity (Wildman–Crippen MR) is 104 cm³/mol. The van der Waals surface area contributed by atoms with Gasteiger partial charge in [-0.15, -0.1) is 0 Å². The summed E-state index contributed by atoms with van der Waals surface area (Å²) >= 11 is 0. The monoisotopic (exact) mass is 519 g/mol. The third kappa shape index (κ3) is 4.70. The first-order chi connectivity index (χ1) is 15.6. The number of carbonyl (C=O) groups excluding carboxylic acids is 2. The van der Waals surface area contributed by atoms with Gasteiger partial charge in [0.1, 0.15) is 5.78 Å². The molecule has 8 nitrogen and oxygen atoms in total. The maximum absolute atomic E-state index is 14.8. The van der Waals surface area contributed by atoms with Crippen molar-refractivity contribution in [3.8, 4) is 0 Å². The second kappa shape index (κ2) is 8.34. The molecule has 5 aliphatic rings. The zero-order valence-corrected chi connectivity index (χ0v) is 19.1. The van der Waals surface area contributed by atoms with Crippen molar-refractivity contribution in [2.24, 2.45) is 17.8 Å². The van der Waals surface area contributed by atoms with E-state index in [1.54, 1.807) is 0 Å². The second-order valence-electron chi connectivity index (χ2n) is 9.97. The van der Waals surface area contributed by atoms with E-state index in [-0.39, 0.29) is 37.8 Å². The summed E-state index contributed by atoms with van der Waals surface area (Å²) in [5.74, 6) is -4.94. The molecular formula is C20H26F5NO7S. The van der Waals surface area contributed by atoms with Crippen molar-refractivity contribution in [1.29, 1.82) is 0 Å². The van der Waals surface area contributed by atoms with E-state index in [0.29, 0.717) is 25.7 Å². The topological polar surface area (TPSA) is 108 Å². The summed E-state index contributed by atoms with van der Waals surface area (Å²) in [6.07, 6.45) is -7.77. The summed E-state index contributed by atoms with van der Waals surface area (Å²) in [6.45, 7) is 1.17. The maximum atomic E-state index is 14.8. The van der Waals surface area contributed by atoms with Crippen LogP contribution in [0.5, 0.6) is 0 Å². The number of amides is 1. The Balaban J connectivity index is 1.49. The van der Waals surface area contributed by atoms with Gasteiger partial charge in [-0.2, -0.15) is 30.4 Å². The van der Waals surface area contributed by atoms with Crippen molar-refractivity contribution in [2.45, 2.75) is 80.7 Å². The first kappa shape index (κ1) is 25.7. The van der Waals surface area contributed by atoms with Crippen LogP contribution in [0.4, 0.5) is 22.0 Å². The van der Waals surface area contributed by atoms with Gasteiger partial charge in [-0.3, -0.25) is 13.8 Å². The molecule has 0 radical (unpaired) electrons. The summed E-state index contributed by atoms with van der Waals surface area (Å²) in [7, 11) is -6.36. The van der Waals surface area contributed by atoms with Crippen LogP contribution in [0.1, 0.15) is 51.9 Å². The predicted octanol–water partition coefficient (Wildman–Crippen LogP) is 2.66. The number of ether oxygens (including phenoxy) is 2. The van der Waals surface area contributed by atoms with Gasteiger partial charge in [0.05, 0.1) is 13.2 Å². The number of rotatable bonds is 7. The lowest BCUT2D eigenvalue weighted by atomic mass is 9.52. The van der Waals surface area contributed by atoms with Crippen LogP contribution in [0.2, 0.25) is 0 Å². The third-order valence-corrected chi connectivity index (χ3v) is 8.52. The first-order valence-corrected chi connectivity index (χ1v) is 12.5. The zero-order chi connectivity index (χ0) is 25.2. The molecule has 3 atom stereocenters. The van der Waals surface area contributed by atoms with Crippen LogP contribution in [-0.4, -0.2) is 62.2 Å². The van der Waals surface area contributed by atoms with Gasteiger partial charge in [0.15, 0.2) is 11.9 Å². The molecule has 1 N–H and O–H groups in total. The molecule has 194 valence electrons. The number of Topliss-reactive ketones (excluding diaryl/α,β-unsaturated/α-hetero) is 1. The van der Waals surface area contributed by atoms with E-state index in [0.717, 1.165) is 6.92 Å². The molecule has 0 aromatic heterocycles. The van der Waals surface area contributed by atoms with Crippen LogP contribution in [0.15, 0.2) is 0 Å². The van der Waals surface area contributed by atoms with E-state index in [9.17, 15) is 40.0 Å². The molecule has 5 rings (SSSR count). The quantitative estimate of drug-likeness (QED) is 0.407. The molecule has 4 saturated carbocycles. The van der Waals surface area contributed by atoms with Gasteiger partial charge in [-0.1, -0.05) is 0 Å². The van der Waals surface area contributed by atoms with E-state index >= 15 is 0 Å². The fourth-order valence-corrected chi connectivity index (χ4v) is 6.76. The number of ketones is 1. The number of nitrogens with one attached hydrogen (secondary N) is 1. The van der Waals surface area contributed by atoms with Crippen LogP contribution < -0.4 is 5.32 Å². The Morgan fingerprint density at radius 2 is 1.68 bits per heavy atom. The second-order valence-corrected chi connectivity index (χ2v) is 11.6. The van der Waals surface area contributed by atoms with Crippen LogP contribution >= 0.6 is 0 Å². The zero-order valence-electron chi connectivity index (χ0n) is 18.3. The summed E-state index contributed by atoms with van der Waals surface area (Å²) in [6, 6.07) is 0. The van der Waals surface area contributed by atoms with Crippen molar-refractivity contribution in [1.82, 2.24) is 5.32 Å². The van der Waals surface area contributed by atoms with E-state index in [1.807, 2.05) is 0 Å². The van der Waals surface area contributed by atoms with Crippen molar-refractivity contribution >= 4 is 21.8 Å². The highest BCUT2D eigenvalue weighted by Gasteiger charge is 2.62. The van der Waals surface area contributed by atoms with E-state index in [1.165, 1.54) is 0 Å². The minimum Gasteiger partial charge on any atom is -0.350 e. The van der Waals surface area contributed by atoms with Gasteiger partial charge in [0, 0.05) is 23.8 Å². The largest absolute Gasteiger partial charge is 0.446 e. The SMILES string of the molecule is CC1(CC(OS(=O)(=O)C(F)(F)C(=O)NC23CC4CC(C2)C(=O)C(C4)C3)C(F)(F)F)OCCCO1. The highest BCUT2D eigenvalue weighted by molar-refractivity contribution is 7.88. The highest BCUT2D eigenvalue weighted by atomic mass is 32.2. The van der Waals surface area contributed by atoms with Crippen molar-refractivity contribution < 1.29 is 53.6 Å². The number of halogens is 5. The molecule has 4 bridgehead atoms. The lowest BCUT2D eigenvalue weighted by Crippen LogP contribution is -2.65. The van der Waals surface area contributed by atoms with Crippen molar-refractivity contribution in [2.75, 3.05) is 13.2 Å². The van der Waals surface area contributed by atoms with E-state index in [2.05, 4.69) is 9.50 Å². The molecule has 0 spiro atoms. The smallest absolute Gasteiger partial charge is 0.350 e. The Morgan fingerprint density at radius 3 is 2.21 bits per heavy atom. The molecule has 1 saturated heterocycles. The molecule has 1 heterocycles. The molecule has 0 aromatic rings. The normalized spacial score (nSPS) is 34.2. The summed E-state index contributed by atoms with van der Waals surface area (Å²) < 4.78 is 109. The summed E-state index contributed by atoms with van der Waals surface area (Å²) in [5, 5.41) is -3.23. The molecule has 4 aliphatic carbocycles. The lowest BCUT2D eigenvalue weighted by Gasteiger charge is -2.55. The Labute approximate surface area is 193 Å². The molecule has 5 fully saturated rings. The molecule has 34 heavy (non-hydrogen) atoms. The molecular weight excluding hydrogens is 493 g/mol. The van der Waals surface area contributed by atoms with Crippen LogP contribution in [0, 0.1) is 17.8 Å². The fraction of sp³-hybridized carbons (Fsp3) is 0.900. The standard InChI is InChI=1S/C20H26F5NO7S/c1-17(31-3-2-4-32-17)10-14(19(21,22)23)33-34(29,30)20(24,25)16(28)26-18-7-11-5-12(8-18)15(27)13(6-11)9-18/h11-14H,2-10H2,1H3,(H,26,28). The number of hydrogen-bond donors (Lipinski definition) is 1. The number of alkyl halides is 5. The summed E-state index contributed by atoms with van der Waals surface area (Å²) in [4.78, 5) is 24.7. The van der Waals surface area contributed by atoms with Crippen LogP contribution in [-0.2, 0) is 33.4 Å². The third-order valence-electron chi connectivity index (χ3n) is 7.22. The minimum atomic E-state index is -6.36. The van der Waals surface area contributed by atoms with Gasteiger partial charge in [0.25, 0.3) is 0 Å². The Bertz CT molecular complexity index is 929. The maximum Gasteiger partial charge on any atom is 0.446 e. The van der Waals surface area contributed by atoms with Crippen LogP contribution in [0.25, 0.3) is 0 Å². The Kier molecular flexibility index (Phi) is 6.31. The Morgan fingerprint density at radius 1 is 1.12 bits per heavy atom. The van der Waals surface area contributed by atoms with Gasteiger partial charge in [-0.05, 0) is 51.4 Å². The molecule has 1 amide bonds. The van der Waals surface area contributed by atoms with Crippen molar-refractivity contribution in [3.63, 3.8) is 0 Å². The first-order valence-electron chi connectivity index (χ1n) is 11.1. The average molecular weight is 519 g/mol. The van der Waals surface area contributed by atoms with Gasteiger partial charge >= 0.3 is 27.5 Å². The van der Waals surface area contributed by atoms with Crippen LogP contribution in [0.3, 0.4) is 0 Å². The van der Waals surface area contributed by atoms with Gasteiger partial charge < -0.3 is 14.8 Å². The van der Waals surface area contributed by atoms with Crippen molar-refractivity contribution in [3.05, 3.63) is 0 Å².